The van der Waals surface area contributed by atoms with Crippen LogP contribution in [0.5, 0.6) is 0 Å². The fourth-order valence-corrected chi connectivity index (χ4v) is 4.44. The molecule has 0 aliphatic heterocycles. The van der Waals surface area contributed by atoms with Crippen LogP contribution >= 0.6 is 11.6 Å². The number of fused-ring (bicyclic) bond motifs is 1. The fraction of sp³-hybridized carbons (Fsp3) is 0.364. The second-order valence-electron chi connectivity index (χ2n) is 8.49. The van der Waals surface area contributed by atoms with Crippen molar-refractivity contribution in [3.8, 4) is 0 Å². The number of benzene rings is 1. The number of aromatic nitrogens is 3. The number of amides is 1. The third kappa shape index (κ3) is 3.89. The molecule has 2 heterocycles. The molecule has 32 heavy (non-hydrogen) atoms. The van der Waals surface area contributed by atoms with Crippen molar-refractivity contribution in [2.24, 2.45) is 0 Å². The molecule has 9 nitrogen and oxygen atoms in total. The van der Waals surface area contributed by atoms with Crippen LogP contribution in [-0.4, -0.2) is 49.9 Å². The number of nitrogen functional groups attached to an aromatic ring is 1. The Morgan fingerprint density at radius 2 is 2.00 bits per heavy atom. The van der Waals surface area contributed by atoms with Crippen LogP contribution in [0.4, 0.5) is 11.6 Å². The predicted molar refractivity (Wildman–Crippen MR) is 123 cm³/mol. The number of hydrogen-bond acceptors (Lipinski definition) is 7. The van der Waals surface area contributed by atoms with Gasteiger partial charge in [0.1, 0.15) is 18.0 Å². The van der Waals surface area contributed by atoms with Crippen LogP contribution in [0.1, 0.15) is 53.7 Å². The third-order valence-corrected chi connectivity index (χ3v) is 6.42. The van der Waals surface area contributed by atoms with Crippen molar-refractivity contribution >= 4 is 45.8 Å². The molecule has 2 saturated carbocycles. The van der Waals surface area contributed by atoms with Crippen LogP contribution in [0.25, 0.3) is 10.9 Å². The smallest absolute Gasteiger partial charge is 0.251 e. The minimum Gasteiger partial charge on any atom is -0.393 e. The van der Waals surface area contributed by atoms with E-state index < -0.39 is 0 Å². The Morgan fingerprint density at radius 1 is 1.22 bits per heavy atom. The maximum atomic E-state index is 12.4. The number of rotatable bonds is 6. The summed E-state index contributed by atoms with van der Waals surface area (Å²) in [7, 11) is 0. The van der Waals surface area contributed by atoms with E-state index in [1.54, 1.807) is 18.2 Å². The highest BCUT2D eigenvalue weighted by Gasteiger charge is 2.27. The largest absolute Gasteiger partial charge is 0.393 e. The van der Waals surface area contributed by atoms with Crippen molar-refractivity contribution in [1.82, 2.24) is 20.3 Å². The van der Waals surface area contributed by atoms with Gasteiger partial charge < -0.3 is 26.5 Å². The van der Waals surface area contributed by atoms with E-state index in [0.29, 0.717) is 45.0 Å². The average molecular weight is 454 g/mol. The summed E-state index contributed by atoms with van der Waals surface area (Å²) in [5.41, 5.74) is 8.08. The van der Waals surface area contributed by atoms with Gasteiger partial charge in [0.15, 0.2) is 0 Å². The summed E-state index contributed by atoms with van der Waals surface area (Å²) < 4.78 is 0. The Morgan fingerprint density at radius 3 is 2.72 bits per heavy atom. The highest BCUT2D eigenvalue weighted by atomic mass is 35.5. The first-order chi connectivity index (χ1) is 15.4. The molecular weight excluding hydrogens is 430 g/mol. The zero-order valence-corrected chi connectivity index (χ0v) is 18.0. The molecule has 1 aromatic carbocycles. The molecule has 2 unspecified atom stereocenters. The van der Waals surface area contributed by atoms with Crippen LogP contribution in [0.15, 0.2) is 24.5 Å². The lowest BCUT2D eigenvalue weighted by atomic mass is 10.1. The van der Waals surface area contributed by atoms with Crippen LogP contribution in [0.3, 0.4) is 0 Å². The molecule has 3 aromatic rings. The van der Waals surface area contributed by atoms with Gasteiger partial charge in [0.05, 0.1) is 28.1 Å². The zero-order chi connectivity index (χ0) is 22.4. The quantitative estimate of drug-likeness (QED) is 0.315. The number of anilines is 2. The second-order valence-corrected chi connectivity index (χ2v) is 8.87. The topological polar surface area (TPSA) is 153 Å². The van der Waals surface area contributed by atoms with Gasteiger partial charge in [-0.3, -0.25) is 10.2 Å². The Kier molecular flexibility index (Phi) is 5.22. The molecular formula is C22H24ClN7O2. The van der Waals surface area contributed by atoms with E-state index in [4.69, 9.17) is 22.7 Å². The SMILES string of the molecule is N=C(c1[nH]c2cc(C(=O)NC3CC3)ccc2c1Cl)c1c(N)ncnc1NC1CCC(O)C1. The van der Waals surface area contributed by atoms with E-state index in [1.165, 1.54) is 6.33 Å². The van der Waals surface area contributed by atoms with Crippen molar-refractivity contribution in [3.05, 3.63) is 46.4 Å². The van der Waals surface area contributed by atoms with E-state index in [-0.39, 0.29) is 35.6 Å². The fourth-order valence-electron chi connectivity index (χ4n) is 4.14. The molecule has 166 valence electrons. The van der Waals surface area contributed by atoms with Gasteiger partial charge in [-0.25, -0.2) is 9.97 Å². The highest BCUT2D eigenvalue weighted by molar-refractivity contribution is 6.40. The molecule has 2 fully saturated rings. The van der Waals surface area contributed by atoms with E-state index in [1.807, 2.05) is 0 Å². The summed E-state index contributed by atoms with van der Waals surface area (Å²) >= 11 is 6.61. The van der Waals surface area contributed by atoms with Gasteiger partial charge in [0.25, 0.3) is 5.91 Å². The second kappa shape index (κ2) is 8.07. The zero-order valence-electron chi connectivity index (χ0n) is 17.3. The molecule has 2 aliphatic carbocycles. The monoisotopic (exact) mass is 453 g/mol. The van der Waals surface area contributed by atoms with Crippen molar-refractivity contribution in [3.63, 3.8) is 0 Å². The number of halogens is 1. The summed E-state index contributed by atoms with van der Waals surface area (Å²) in [5, 5.41) is 26.0. The predicted octanol–water partition coefficient (Wildman–Crippen LogP) is 2.83. The normalized spacial score (nSPS) is 20.4. The molecule has 5 rings (SSSR count). The number of H-pyrrole nitrogens is 1. The van der Waals surface area contributed by atoms with Crippen molar-refractivity contribution < 1.29 is 9.90 Å². The lowest BCUT2D eigenvalue weighted by Crippen LogP contribution is -2.25. The Hall–Kier alpha value is -3.17. The minimum atomic E-state index is -0.343. The lowest BCUT2D eigenvalue weighted by molar-refractivity contribution is 0.0951. The summed E-state index contributed by atoms with van der Waals surface area (Å²) in [6.07, 6.45) is 5.16. The molecule has 0 spiro atoms. The van der Waals surface area contributed by atoms with Crippen LogP contribution < -0.4 is 16.4 Å². The summed E-state index contributed by atoms with van der Waals surface area (Å²) in [6, 6.07) is 5.54. The Balaban J connectivity index is 1.48. The number of carbonyl (C=O) groups is 1. The van der Waals surface area contributed by atoms with E-state index in [9.17, 15) is 9.90 Å². The first-order valence-electron chi connectivity index (χ1n) is 10.7. The molecule has 0 bridgehead atoms. The maximum Gasteiger partial charge on any atom is 0.251 e. The standard InChI is InChI=1S/C22H24ClN7O2/c23-17-14-6-1-10(22(32)29-11-2-3-11)7-15(14)30-19(17)18(24)16-20(25)26-9-27-21(16)28-12-4-5-13(31)8-12/h1,6-7,9,11-13,24,30-31H,2-5,8H2,(H,29,32)(H3,25,26,27,28). The Bertz CT molecular complexity index is 1220. The molecule has 0 saturated heterocycles. The molecule has 2 aromatic heterocycles. The number of aliphatic hydroxyl groups is 1. The number of nitrogens with zero attached hydrogens (tertiary/aromatic N) is 2. The van der Waals surface area contributed by atoms with Gasteiger partial charge in [0, 0.05) is 28.6 Å². The van der Waals surface area contributed by atoms with Gasteiger partial charge in [-0.2, -0.15) is 0 Å². The summed E-state index contributed by atoms with van der Waals surface area (Å²) in [6.45, 7) is 0. The van der Waals surface area contributed by atoms with Gasteiger partial charge in [-0.1, -0.05) is 17.7 Å². The lowest BCUT2D eigenvalue weighted by Gasteiger charge is -2.17. The molecule has 2 atom stereocenters. The minimum absolute atomic E-state index is 0.0385. The number of nitrogens with one attached hydrogen (secondary N) is 4. The number of carbonyl (C=O) groups excluding carboxylic acids is 1. The third-order valence-electron chi connectivity index (χ3n) is 6.03. The number of aromatic amines is 1. The van der Waals surface area contributed by atoms with Crippen LogP contribution in [0, 0.1) is 5.41 Å². The number of hydrogen-bond donors (Lipinski definition) is 6. The maximum absolute atomic E-state index is 12.4. The van der Waals surface area contributed by atoms with E-state index in [2.05, 4.69) is 25.6 Å². The Labute approximate surface area is 189 Å². The van der Waals surface area contributed by atoms with Gasteiger partial charge >= 0.3 is 0 Å². The van der Waals surface area contributed by atoms with Crippen LogP contribution in [0.2, 0.25) is 5.02 Å². The van der Waals surface area contributed by atoms with Crippen molar-refractivity contribution in [2.45, 2.75) is 50.3 Å². The first kappa shape index (κ1) is 20.7. The van der Waals surface area contributed by atoms with Crippen molar-refractivity contribution in [2.75, 3.05) is 11.1 Å². The van der Waals surface area contributed by atoms with Gasteiger partial charge in [-0.15, -0.1) is 0 Å². The summed E-state index contributed by atoms with van der Waals surface area (Å²) in [4.78, 5) is 23.9. The number of nitrogens with two attached hydrogens (primary N) is 1. The number of aliphatic hydroxyl groups excluding tert-OH is 1. The molecule has 7 N–H and O–H groups in total. The van der Waals surface area contributed by atoms with Gasteiger partial charge in [0.2, 0.25) is 0 Å². The molecule has 2 aliphatic rings. The van der Waals surface area contributed by atoms with E-state index >= 15 is 0 Å². The van der Waals surface area contributed by atoms with Crippen LogP contribution in [-0.2, 0) is 0 Å². The van der Waals surface area contributed by atoms with Gasteiger partial charge in [-0.05, 0) is 44.2 Å². The van der Waals surface area contributed by atoms with Crippen molar-refractivity contribution in [1.29, 1.82) is 5.41 Å². The first-order valence-corrected chi connectivity index (χ1v) is 11.0. The molecule has 10 heteroatoms. The highest BCUT2D eigenvalue weighted by Crippen LogP contribution is 2.33. The van der Waals surface area contributed by atoms with E-state index in [0.717, 1.165) is 25.7 Å². The average Bonchev–Trinajstić information content (AvgIpc) is 3.39. The summed E-state index contributed by atoms with van der Waals surface area (Å²) in [5.74, 6) is 0.466. The molecule has 1 amide bonds. The molecule has 0 radical (unpaired) electrons.